The monoisotopic (exact) mass is 430 g/mol. The third-order valence-corrected chi connectivity index (χ3v) is 5.84. The molecule has 166 valence electrons. The second-order valence-electron chi connectivity index (χ2n) is 8.69. The van der Waals surface area contributed by atoms with Crippen molar-refractivity contribution in [2.45, 2.75) is 33.4 Å². The molecule has 1 aliphatic heterocycles. The molecule has 0 radical (unpaired) electrons. The second kappa shape index (κ2) is 9.45. The summed E-state index contributed by atoms with van der Waals surface area (Å²) in [7, 11) is 0. The van der Waals surface area contributed by atoms with Crippen molar-refractivity contribution in [3.63, 3.8) is 0 Å². The molecule has 0 saturated carbocycles. The molecular formula is C27H30N2O3. The number of carbonyl (C=O) groups is 1. The van der Waals surface area contributed by atoms with Gasteiger partial charge in [-0.1, -0.05) is 60.7 Å². The smallest absolute Gasteiger partial charge is 0.231 e. The van der Waals surface area contributed by atoms with Crippen LogP contribution in [0.15, 0.2) is 72.8 Å². The Hall–Kier alpha value is -3.31. The Bertz CT molecular complexity index is 1130. The molecule has 32 heavy (non-hydrogen) atoms. The SMILES string of the molecule is C[C@@H](NC/C=C/C(C)(C)C(=O)NCc1ccc2c(c1)OCO2)c1cccc2ccccc12. The quantitative estimate of drug-likeness (QED) is 0.487. The predicted molar refractivity (Wildman–Crippen MR) is 128 cm³/mol. The van der Waals surface area contributed by atoms with E-state index >= 15 is 0 Å². The number of fused-ring (bicyclic) bond motifs is 2. The van der Waals surface area contributed by atoms with Gasteiger partial charge in [-0.15, -0.1) is 0 Å². The highest BCUT2D eigenvalue weighted by atomic mass is 16.7. The van der Waals surface area contributed by atoms with E-state index < -0.39 is 5.41 Å². The maximum absolute atomic E-state index is 12.7. The lowest BCUT2D eigenvalue weighted by molar-refractivity contribution is -0.127. The Kier molecular flexibility index (Phi) is 6.47. The molecule has 1 atom stereocenters. The predicted octanol–water partition coefficient (Wildman–Crippen LogP) is 5.12. The van der Waals surface area contributed by atoms with Crippen molar-refractivity contribution in [1.82, 2.24) is 10.6 Å². The first-order valence-electron chi connectivity index (χ1n) is 11.0. The molecular weight excluding hydrogens is 400 g/mol. The molecule has 0 fully saturated rings. The Balaban J connectivity index is 1.29. The van der Waals surface area contributed by atoms with Crippen molar-refractivity contribution in [3.8, 4) is 11.5 Å². The maximum Gasteiger partial charge on any atom is 0.231 e. The molecule has 2 N–H and O–H groups in total. The lowest BCUT2D eigenvalue weighted by atomic mass is 9.91. The fourth-order valence-corrected chi connectivity index (χ4v) is 3.87. The van der Waals surface area contributed by atoms with E-state index in [0.717, 1.165) is 17.1 Å². The molecule has 1 aliphatic rings. The van der Waals surface area contributed by atoms with Gasteiger partial charge >= 0.3 is 0 Å². The Morgan fingerprint density at radius 2 is 1.84 bits per heavy atom. The third kappa shape index (κ3) is 4.94. The minimum Gasteiger partial charge on any atom is -0.454 e. The number of hydrogen-bond donors (Lipinski definition) is 2. The largest absolute Gasteiger partial charge is 0.454 e. The Morgan fingerprint density at radius 1 is 1.06 bits per heavy atom. The first-order chi connectivity index (χ1) is 15.4. The van der Waals surface area contributed by atoms with Gasteiger partial charge in [0.1, 0.15) is 0 Å². The lowest BCUT2D eigenvalue weighted by Crippen LogP contribution is -2.35. The van der Waals surface area contributed by atoms with Crippen LogP contribution in [0.5, 0.6) is 11.5 Å². The molecule has 0 saturated heterocycles. The van der Waals surface area contributed by atoms with Gasteiger partial charge in [-0.2, -0.15) is 0 Å². The van der Waals surface area contributed by atoms with E-state index in [1.54, 1.807) is 0 Å². The van der Waals surface area contributed by atoms with Crippen LogP contribution in [0.25, 0.3) is 10.8 Å². The van der Waals surface area contributed by atoms with Gasteiger partial charge in [0.05, 0.1) is 5.41 Å². The summed E-state index contributed by atoms with van der Waals surface area (Å²) < 4.78 is 10.7. The number of amides is 1. The highest BCUT2D eigenvalue weighted by Gasteiger charge is 2.24. The molecule has 3 aromatic rings. The molecule has 1 amide bonds. The van der Waals surface area contributed by atoms with Crippen molar-refractivity contribution >= 4 is 16.7 Å². The minimum absolute atomic E-state index is 0.0199. The van der Waals surface area contributed by atoms with E-state index in [4.69, 9.17) is 9.47 Å². The number of benzene rings is 3. The summed E-state index contributed by atoms with van der Waals surface area (Å²) in [6.07, 6.45) is 3.99. The average molecular weight is 431 g/mol. The van der Waals surface area contributed by atoms with Crippen molar-refractivity contribution in [1.29, 1.82) is 0 Å². The highest BCUT2D eigenvalue weighted by Crippen LogP contribution is 2.32. The van der Waals surface area contributed by atoms with Crippen molar-refractivity contribution < 1.29 is 14.3 Å². The molecule has 1 heterocycles. The van der Waals surface area contributed by atoms with Gasteiger partial charge < -0.3 is 20.1 Å². The highest BCUT2D eigenvalue weighted by molar-refractivity contribution is 5.86. The summed E-state index contributed by atoms with van der Waals surface area (Å²) in [6, 6.07) is 20.7. The molecule has 5 heteroatoms. The lowest BCUT2D eigenvalue weighted by Gasteiger charge is -2.20. The average Bonchev–Trinajstić information content (AvgIpc) is 3.27. The molecule has 0 unspecified atom stereocenters. The molecule has 4 rings (SSSR count). The van der Waals surface area contributed by atoms with Crippen LogP contribution < -0.4 is 20.1 Å². The summed E-state index contributed by atoms with van der Waals surface area (Å²) in [4.78, 5) is 12.7. The molecule has 0 aromatic heterocycles. The van der Waals surface area contributed by atoms with Gasteiger partial charge in [0.15, 0.2) is 11.5 Å². The normalized spacial score (nSPS) is 14.1. The Labute approximate surface area is 189 Å². The number of carbonyl (C=O) groups excluding carboxylic acids is 1. The van der Waals surface area contributed by atoms with Gasteiger partial charge in [-0.3, -0.25) is 4.79 Å². The van der Waals surface area contributed by atoms with Crippen LogP contribution in [0.4, 0.5) is 0 Å². The molecule has 5 nitrogen and oxygen atoms in total. The molecule has 3 aromatic carbocycles. The van der Waals surface area contributed by atoms with E-state index in [-0.39, 0.29) is 18.7 Å². The van der Waals surface area contributed by atoms with Crippen LogP contribution in [0.2, 0.25) is 0 Å². The standard InChI is InChI=1S/C27H30N2O3/c1-19(22-11-6-9-21-8-4-5-10-23(21)22)28-15-7-14-27(2,3)26(30)29-17-20-12-13-24-25(16-20)32-18-31-24/h4-14,16,19,28H,15,17-18H2,1-3H3,(H,29,30)/b14-7+/t19-/m1/s1. The van der Waals surface area contributed by atoms with Gasteiger partial charge in [-0.05, 0) is 54.8 Å². The minimum atomic E-state index is -0.610. The summed E-state index contributed by atoms with van der Waals surface area (Å²) in [6.45, 7) is 7.39. The van der Waals surface area contributed by atoms with Gasteiger partial charge in [-0.25, -0.2) is 0 Å². The van der Waals surface area contributed by atoms with Gasteiger partial charge in [0, 0.05) is 19.1 Å². The topological polar surface area (TPSA) is 59.6 Å². The van der Waals surface area contributed by atoms with E-state index in [1.807, 2.05) is 44.2 Å². The fraction of sp³-hybridized carbons (Fsp3) is 0.296. The summed E-state index contributed by atoms with van der Waals surface area (Å²) in [5.74, 6) is 1.45. The third-order valence-electron chi connectivity index (χ3n) is 5.84. The molecule has 0 spiro atoms. The van der Waals surface area contributed by atoms with Gasteiger partial charge in [0.25, 0.3) is 0 Å². The first-order valence-corrected chi connectivity index (χ1v) is 11.0. The zero-order valence-electron chi connectivity index (χ0n) is 18.9. The van der Waals surface area contributed by atoms with Crippen LogP contribution in [0.1, 0.15) is 37.9 Å². The summed E-state index contributed by atoms with van der Waals surface area (Å²) in [5.41, 5.74) is 1.64. The fourth-order valence-electron chi connectivity index (χ4n) is 3.87. The van der Waals surface area contributed by atoms with Crippen molar-refractivity contribution in [2.24, 2.45) is 5.41 Å². The van der Waals surface area contributed by atoms with Crippen LogP contribution in [-0.4, -0.2) is 19.2 Å². The van der Waals surface area contributed by atoms with Crippen LogP contribution in [0, 0.1) is 5.41 Å². The van der Waals surface area contributed by atoms with E-state index in [1.165, 1.54) is 16.3 Å². The summed E-state index contributed by atoms with van der Waals surface area (Å²) in [5, 5.41) is 9.07. The van der Waals surface area contributed by atoms with E-state index in [2.05, 4.69) is 60.0 Å². The van der Waals surface area contributed by atoms with Crippen molar-refractivity contribution in [3.05, 3.63) is 83.9 Å². The first kappa shape index (κ1) is 21.9. The Morgan fingerprint density at radius 3 is 2.72 bits per heavy atom. The molecule has 0 bridgehead atoms. The van der Waals surface area contributed by atoms with Crippen molar-refractivity contribution in [2.75, 3.05) is 13.3 Å². The van der Waals surface area contributed by atoms with Crippen LogP contribution in [0.3, 0.4) is 0 Å². The maximum atomic E-state index is 12.7. The zero-order chi connectivity index (χ0) is 22.6. The molecule has 0 aliphatic carbocycles. The van der Waals surface area contributed by atoms with E-state index in [0.29, 0.717) is 13.1 Å². The second-order valence-corrected chi connectivity index (χ2v) is 8.69. The number of rotatable bonds is 8. The van der Waals surface area contributed by atoms with E-state index in [9.17, 15) is 4.79 Å². The number of ether oxygens (including phenoxy) is 2. The number of hydrogen-bond acceptors (Lipinski definition) is 4. The van der Waals surface area contributed by atoms with Crippen LogP contribution >= 0.6 is 0 Å². The number of nitrogens with one attached hydrogen (secondary N) is 2. The van der Waals surface area contributed by atoms with Gasteiger partial charge in [0.2, 0.25) is 12.7 Å². The van der Waals surface area contributed by atoms with Crippen LogP contribution in [-0.2, 0) is 11.3 Å². The summed E-state index contributed by atoms with van der Waals surface area (Å²) >= 11 is 0. The zero-order valence-corrected chi connectivity index (χ0v) is 18.9.